The summed E-state index contributed by atoms with van der Waals surface area (Å²) in [4.78, 5) is 12.0. The Balaban J connectivity index is 3.27. The van der Waals surface area contributed by atoms with Gasteiger partial charge in [0.2, 0.25) is 0 Å². The lowest BCUT2D eigenvalue weighted by atomic mass is 10.0. The average Bonchev–Trinajstić information content (AvgIpc) is 2.68. The first-order valence-electron chi connectivity index (χ1n) is 11.5. The Bertz CT molecular complexity index is 323. The quantitative estimate of drug-likeness (QED) is 0.145. The molecular weight excluding hydrogens is 355 g/mol. The number of hydrogen-bond acceptors (Lipinski definition) is 3. The predicted molar refractivity (Wildman–Crippen MR) is 120 cm³/mol. The normalized spacial score (nSPS) is 13.6. The highest BCUT2D eigenvalue weighted by molar-refractivity contribution is 7.51. The second-order valence-corrected chi connectivity index (χ2v) is 9.79. The van der Waals surface area contributed by atoms with E-state index < -0.39 is 8.15 Å². The Morgan fingerprint density at radius 3 is 1.59 bits per heavy atom. The van der Waals surface area contributed by atoms with Crippen LogP contribution in [0.2, 0.25) is 0 Å². The van der Waals surface area contributed by atoms with Gasteiger partial charge in [-0.25, -0.2) is 0 Å². The van der Waals surface area contributed by atoms with E-state index in [1.54, 1.807) is 7.11 Å². The third kappa shape index (κ3) is 19.1. The largest absolute Gasteiger partial charge is 0.364 e. The van der Waals surface area contributed by atoms with E-state index in [4.69, 9.17) is 9.26 Å². The lowest BCUT2D eigenvalue weighted by molar-refractivity contribution is -0.128. The first-order valence-corrected chi connectivity index (χ1v) is 13.4. The van der Waals surface area contributed by atoms with Crippen molar-refractivity contribution in [2.24, 2.45) is 0 Å². The summed E-state index contributed by atoms with van der Waals surface area (Å²) in [6, 6.07) is 0. The van der Waals surface area contributed by atoms with Crippen molar-refractivity contribution in [2.45, 2.75) is 123 Å². The second kappa shape index (κ2) is 20.7. The molecular formula is C23H47O3P. The van der Waals surface area contributed by atoms with Gasteiger partial charge in [0.15, 0.2) is 5.78 Å². The molecule has 3 nitrogen and oxygen atoms in total. The molecule has 2 unspecified atom stereocenters. The summed E-state index contributed by atoms with van der Waals surface area (Å²) in [6.45, 7) is 6.16. The molecule has 0 aliphatic rings. The molecule has 0 saturated heterocycles. The van der Waals surface area contributed by atoms with Crippen molar-refractivity contribution in [3.63, 3.8) is 0 Å². The molecule has 0 aromatic rings. The lowest BCUT2D eigenvalue weighted by Gasteiger charge is -2.15. The van der Waals surface area contributed by atoms with Crippen LogP contribution < -0.4 is 0 Å². The Morgan fingerprint density at radius 2 is 1.19 bits per heavy atom. The Kier molecular flexibility index (Phi) is 20.8. The molecule has 0 bridgehead atoms. The van der Waals surface area contributed by atoms with Gasteiger partial charge in [-0.05, 0) is 20.0 Å². The molecule has 4 heteroatoms. The van der Waals surface area contributed by atoms with E-state index in [2.05, 4.69) is 6.92 Å². The zero-order chi connectivity index (χ0) is 20.2. The molecule has 27 heavy (non-hydrogen) atoms. The van der Waals surface area contributed by atoms with Crippen LogP contribution in [0, 0.1) is 0 Å². The highest BCUT2D eigenvalue weighted by Gasteiger charge is 2.14. The summed E-state index contributed by atoms with van der Waals surface area (Å²) in [5.41, 5.74) is 0. The van der Waals surface area contributed by atoms with Crippen LogP contribution in [0.5, 0.6) is 0 Å². The van der Waals surface area contributed by atoms with Gasteiger partial charge in [-0.15, -0.1) is 0 Å². The highest BCUT2D eigenvalue weighted by Crippen LogP contribution is 2.30. The number of ketones is 1. The minimum absolute atomic E-state index is 0.240. The van der Waals surface area contributed by atoms with Crippen LogP contribution in [0.4, 0.5) is 0 Å². The standard InChI is InChI=1S/C23H47O3P/c1-5-6-7-8-9-10-11-12-13-14-15-16-17-18-19-20-23(24)22(2)26-21-27(4)25-3/h22H,5-21H2,1-4H3. The number of carbonyl (C=O) groups is 1. The van der Waals surface area contributed by atoms with Crippen molar-refractivity contribution in [1.82, 2.24) is 0 Å². The summed E-state index contributed by atoms with van der Waals surface area (Å²) < 4.78 is 10.8. The number of Topliss-reactive ketones (excluding diaryl/α,β-unsaturated/α-hetero) is 1. The summed E-state index contributed by atoms with van der Waals surface area (Å²) in [5.74, 6) is 0.240. The van der Waals surface area contributed by atoms with Gasteiger partial charge in [0.25, 0.3) is 0 Å². The van der Waals surface area contributed by atoms with Gasteiger partial charge in [-0.2, -0.15) is 0 Å². The van der Waals surface area contributed by atoms with E-state index >= 15 is 0 Å². The molecule has 0 saturated carbocycles. The topological polar surface area (TPSA) is 35.5 Å². The molecule has 0 radical (unpaired) electrons. The SMILES string of the molecule is CCCCCCCCCCCCCCCCCC(=O)C(C)OCP(C)OC. The summed E-state index contributed by atoms with van der Waals surface area (Å²) >= 11 is 0. The van der Waals surface area contributed by atoms with Crippen molar-refractivity contribution in [2.75, 3.05) is 20.1 Å². The van der Waals surface area contributed by atoms with E-state index in [-0.39, 0.29) is 11.9 Å². The third-order valence-electron chi connectivity index (χ3n) is 5.30. The average molecular weight is 403 g/mol. The Hall–Kier alpha value is 0.0200. The first-order chi connectivity index (χ1) is 13.1. The fourth-order valence-corrected chi connectivity index (χ4v) is 3.78. The number of unbranched alkanes of at least 4 members (excludes halogenated alkanes) is 14. The summed E-state index contributed by atoms with van der Waals surface area (Å²) in [7, 11) is 1.15. The van der Waals surface area contributed by atoms with Crippen molar-refractivity contribution in [1.29, 1.82) is 0 Å². The smallest absolute Gasteiger partial charge is 0.161 e. The fraction of sp³-hybridized carbons (Fsp3) is 0.957. The summed E-state index contributed by atoms with van der Waals surface area (Å²) in [5, 5.41) is 0. The zero-order valence-corrected chi connectivity index (χ0v) is 19.7. The molecule has 2 atom stereocenters. The monoisotopic (exact) mass is 402 g/mol. The number of hydrogen-bond donors (Lipinski definition) is 0. The molecule has 0 rings (SSSR count). The first kappa shape index (κ1) is 27.0. The van der Waals surface area contributed by atoms with Gasteiger partial charge in [0.1, 0.15) is 6.10 Å². The highest BCUT2D eigenvalue weighted by atomic mass is 31.1. The molecule has 0 heterocycles. The predicted octanol–water partition coefficient (Wildman–Crippen LogP) is 7.85. The van der Waals surface area contributed by atoms with Gasteiger partial charge < -0.3 is 9.26 Å². The maximum atomic E-state index is 12.0. The van der Waals surface area contributed by atoms with Crippen LogP contribution >= 0.6 is 8.15 Å². The molecule has 0 fully saturated rings. The van der Waals surface area contributed by atoms with Gasteiger partial charge in [0.05, 0.1) is 14.5 Å². The number of ether oxygens (including phenoxy) is 1. The molecule has 0 N–H and O–H groups in total. The van der Waals surface area contributed by atoms with Crippen molar-refractivity contribution in [3.05, 3.63) is 0 Å². The molecule has 162 valence electrons. The molecule has 0 aliphatic heterocycles. The van der Waals surface area contributed by atoms with Crippen molar-refractivity contribution in [3.8, 4) is 0 Å². The van der Waals surface area contributed by atoms with Gasteiger partial charge >= 0.3 is 0 Å². The molecule has 0 aliphatic carbocycles. The minimum Gasteiger partial charge on any atom is -0.364 e. The molecule has 0 aromatic heterocycles. The van der Waals surface area contributed by atoms with Gasteiger partial charge in [0, 0.05) is 13.5 Å². The van der Waals surface area contributed by atoms with E-state index in [0.29, 0.717) is 12.8 Å². The Morgan fingerprint density at radius 1 is 0.778 bits per heavy atom. The van der Waals surface area contributed by atoms with E-state index in [9.17, 15) is 4.79 Å². The van der Waals surface area contributed by atoms with Crippen LogP contribution in [0.1, 0.15) is 117 Å². The minimum atomic E-state index is -0.544. The Labute approximate surface area is 171 Å². The van der Waals surface area contributed by atoms with Gasteiger partial charge in [-0.3, -0.25) is 4.79 Å². The maximum Gasteiger partial charge on any atom is 0.161 e. The zero-order valence-electron chi connectivity index (χ0n) is 18.8. The molecule has 0 aromatic carbocycles. The number of carbonyl (C=O) groups excluding carboxylic acids is 1. The van der Waals surface area contributed by atoms with Gasteiger partial charge in [-0.1, -0.05) is 96.8 Å². The van der Waals surface area contributed by atoms with E-state index in [0.717, 1.165) is 6.42 Å². The van der Waals surface area contributed by atoms with E-state index in [1.165, 1.54) is 89.9 Å². The van der Waals surface area contributed by atoms with Crippen molar-refractivity contribution >= 4 is 13.9 Å². The molecule has 0 amide bonds. The van der Waals surface area contributed by atoms with Crippen LogP contribution in [-0.2, 0) is 14.1 Å². The van der Waals surface area contributed by atoms with E-state index in [1.807, 2.05) is 13.6 Å². The second-order valence-electron chi connectivity index (χ2n) is 7.91. The lowest BCUT2D eigenvalue weighted by Crippen LogP contribution is -2.20. The third-order valence-corrected chi connectivity index (χ3v) is 6.43. The van der Waals surface area contributed by atoms with Crippen LogP contribution in [0.3, 0.4) is 0 Å². The maximum absolute atomic E-state index is 12.0. The van der Waals surface area contributed by atoms with Crippen LogP contribution in [0.15, 0.2) is 0 Å². The summed E-state index contributed by atoms with van der Waals surface area (Å²) in [6.07, 6.45) is 21.2. The van der Waals surface area contributed by atoms with Crippen LogP contribution in [0.25, 0.3) is 0 Å². The fourth-order valence-electron chi connectivity index (χ4n) is 3.24. The van der Waals surface area contributed by atoms with Crippen molar-refractivity contribution < 1.29 is 14.1 Å². The van der Waals surface area contributed by atoms with Crippen LogP contribution in [-0.4, -0.2) is 32.0 Å². The number of rotatable bonds is 21. The molecule has 0 spiro atoms.